The zero-order valence-electron chi connectivity index (χ0n) is 14.1. The highest BCUT2D eigenvalue weighted by molar-refractivity contribution is 6.02. The van der Waals surface area contributed by atoms with Crippen molar-refractivity contribution >= 4 is 29.2 Å². The average molecular weight is 345 g/mol. The number of ether oxygens (including phenoxy) is 1. The van der Waals surface area contributed by atoms with Gasteiger partial charge in [0, 0.05) is 19.8 Å². The number of amides is 2. The van der Waals surface area contributed by atoms with E-state index in [1.165, 1.54) is 13.4 Å². The van der Waals surface area contributed by atoms with Crippen LogP contribution in [0.25, 0.3) is 0 Å². The number of carbonyl (C=O) groups excluding carboxylic acids is 1. The molecule has 1 heterocycles. The summed E-state index contributed by atoms with van der Waals surface area (Å²) in [5.74, 6) is -0.224. The highest BCUT2D eigenvalue weighted by Crippen LogP contribution is 2.29. The SMILES string of the molecule is COc1ncnc(N(C)C)c1NC(=O)Nc1cccc(CC(=O)O)c1. The molecule has 1 aromatic carbocycles. The number of carbonyl (C=O) groups is 2. The van der Waals surface area contributed by atoms with Crippen molar-refractivity contribution in [1.29, 1.82) is 0 Å². The molecule has 0 unspecified atom stereocenters. The number of carboxylic acids is 1. The van der Waals surface area contributed by atoms with Crippen molar-refractivity contribution in [1.82, 2.24) is 9.97 Å². The lowest BCUT2D eigenvalue weighted by molar-refractivity contribution is -0.136. The third kappa shape index (κ3) is 4.80. The van der Waals surface area contributed by atoms with Gasteiger partial charge in [-0.05, 0) is 17.7 Å². The molecular weight excluding hydrogens is 326 g/mol. The summed E-state index contributed by atoms with van der Waals surface area (Å²) < 4.78 is 5.16. The van der Waals surface area contributed by atoms with Gasteiger partial charge in [-0.2, -0.15) is 4.98 Å². The van der Waals surface area contributed by atoms with Crippen molar-refractivity contribution in [2.24, 2.45) is 0 Å². The first-order valence-electron chi connectivity index (χ1n) is 7.35. The van der Waals surface area contributed by atoms with Gasteiger partial charge in [0.15, 0.2) is 5.82 Å². The minimum absolute atomic E-state index is 0.123. The zero-order valence-corrected chi connectivity index (χ0v) is 14.1. The number of anilines is 3. The lowest BCUT2D eigenvalue weighted by atomic mass is 10.1. The highest BCUT2D eigenvalue weighted by Gasteiger charge is 2.16. The largest absolute Gasteiger partial charge is 0.481 e. The average Bonchev–Trinajstić information content (AvgIpc) is 2.54. The van der Waals surface area contributed by atoms with Crippen molar-refractivity contribution in [3.05, 3.63) is 36.2 Å². The number of nitrogens with one attached hydrogen (secondary N) is 2. The maximum absolute atomic E-state index is 12.3. The molecule has 0 fully saturated rings. The fourth-order valence-corrected chi connectivity index (χ4v) is 2.17. The predicted octanol–water partition coefficient (Wildman–Crippen LogP) is 1.82. The highest BCUT2D eigenvalue weighted by atomic mass is 16.5. The lowest BCUT2D eigenvalue weighted by Gasteiger charge is -2.18. The summed E-state index contributed by atoms with van der Waals surface area (Å²) in [6.45, 7) is 0. The Bertz CT molecular complexity index is 779. The number of hydrogen-bond donors (Lipinski definition) is 3. The molecule has 0 spiro atoms. The number of methoxy groups -OCH3 is 1. The lowest BCUT2D eigenvalue weighted by Crippen LogP contribution is -2.23. The van der Waals surface area contributed by atoms with E-state index in [2.05, 4.69) is 20.6 Å². The molecule has 9 heteroatoms. The minimum atomic E-state index is -0.941. The summed E-state index contributed by atoms with van der Waals surface area (Å²) in [5.41, 5.74) is 1.38. The summed E-state index contributed by atoms with van der Waals surface area (Å²) in [6, 6.07) is 6.08. The van der Waals surface area contributed by atoms with Gasteiger partial charge in [-0.1, -0.05) is 12.1 Å². The predicted molar refractivity (Wildman–Crippen MR) is 93.3 cm³/mol. The number of aliphatic carboxylic acids is 1. The van der Waals surface area contributed by atoms with E-state index in [-0.39, 0.29) is 12.3 Å². The molecule has 0 saturated heterocycles. The van der Waals surface area contributed by atoms with Crippen LogP contribution in [-0.2, 0) is 11.2 Å². The maximum Gasteiger partial charge on any atom is 0.323 e. The van der Waals surface area contributed by atoms with Gasteiger partial charge in [0.2, 0.25) is 5.88 Å². The van der Waals surface area contributed by atoms with Gasteiger partial charge in [0.1, 0.15) is 12.0 Å². The van der Waals surface area contributed by atoms with Crippen molar-refractivity contribution in [2.75, 3.05) is 36.7 Å². The molecule has 0 saturated carbocycles. The first-order chi connectivity index (χ1) is 11.9. The minimum Gasteiger partial charge on any atom is -0.481 e. The second kappa shape index (κ2) is 7.95. The zero-order chi connectivity index (χ0) is 18.4. The van der Waals surface area contributed by atoms with E-state index in [0.29, 0.717) is 22.8 Å². The Labute approximate surface area is 144 Å². The van der Waals surface area contributed by atoms with Crippen LogP contribution < -0.4 is 20.3 Å². The summed E-state index contributed by atoms with van der Waals surface area (Å²) >= 11 is 0. The van der Waals surface area contributed by atoms with Gasteiger partial charge >= 0.3 is 12.0 Å². The molecule has 0 atom stereocenters. The molecule has 3 N–H and O–H groups in total. The quantitative estimate of drug-likeness (QED) is 0.731. The van der Waals surface area contributed by atoms with Crippen LogP contribution in [-0.4, -0.2) is 48.3 Å². The Morgan fingerprint density at radius 2 is 2.00 bits per heavy atom. The molecule has 0 bridgehead atoms. The third-order valence-electron chi connectivity index (χ3n) is 3.19. The van der Waals surface area contributed by atoms with Gasteiger partial charge in [-0.3, -0.25) is 10.1 Å². The Balaban J connectivity index is 2.17. The topological polar surface area (TPSA) is 117 Å². The number of nitrogens with zero attached hydrogens (tertiary/aromatic N) is 3. The van der Waals surface area contributed by atoms with Crippen LogP contribution in [0.5, 0.6) is 5.88 Å². The Hall–Kier alpha value is -3.36. The number of aromatic nitrogens is 2. The number of benzene rings is 1. The summed E-state index contributed by atoms with van der Waals surface area (Å²) in [4.78, 5) is 32.9. The smallest absolute Gasteiger partial charge is 0.323 e. The molecule has 9 nitrogen and oxygen atoms in total. The van der Waals surface area contributed by atoms with E-state index in [4.69, 9.17) is 9.84 Å². The van der Waals surface area contributed by atoms with E-state index in [1.54, 1.807) is 43.3 Å². The monoisotopic (exact) mass is 345 g/mol. The fraction of sp³-hybridized carbons (Fsp3) is 0.250. The second-order valence-corrected chi connectivity index (χ2v) is 5.33. The standard InChI is InChI=1S/C16H19N5O4/c1-21(2)14-13(15(25-3)18-9-17-14)20-16(24)19-11-6-4-5-10(7-11)8-12(22)23/h4-7,9H,8H2,1-3H3,(H,22,23)(H2,19,20,24). The van der Waals surface area contributed by atoms with E-state index < -0.39 is 12.0 Å². The molecule has 0 aliphatic heterocycles. The Morgan fingerprint density at radius 1 is 1.24 bits per heavy atom. The molecule has 0 radical (unpaired) electrons. The first-order valence-corrected chi connectivity index (χ1v) is 7.35. The van der Waals surface area contributed by atoms with Crippen molar-refractivity contribution < 1.29 is 19.4 Å². The van der Waals surface area contributed by atoms with Crippen molar-refractivity contribution in [2.45, 2.75) is 6.42 Å². The molecule has 2 rings (SSSR count). The van der Waals surface area contributed by atoms with Gasteiger partial charge in [0.05, 0.1) is 13.5 Å². The number of carboxylic acid groups (broad SMARTS) is 1. The van der Waals surface area contributed by atoms with Crippen molar-refractivity contribution in [3.63, 3.8) is 0 Å². The second-order valence-electron chi connectivity index (χ2n) is 5.33. The number of rotatable bonds is 6. The van der Waals surface area contributed by atoms with Gasteiger partial charge in [-0.15, -0.1) is 0 Å². The molecule has 2 aromatic rings. The van der Waals surface area contributed by atoms with Gasteiger partial charge in [0.25, 0.3) is 0 Å². The van der Waals surface area contributed by atoms with Gasteiger partial charge < -0.3 is 20.1 Å². The molecule has 132 valence electrons. The molecule has 2 amide bonds. The molecule has 0 aliphatic rings. The molecular formula is C16H19N5O4. The molecule has 0 aliphatic carbocycles. The van der Waals surface area contributed by atoms with Crippen LogP contribution in [0.2, 0.25) is 0 Å². The van der Waals surface area contributed by atoms with Crippen LogP contribution in [0.4, 0.5) is 22.0 Å². The van der Waals surface area contributed by atoms with Crippen LogP contribution in [0, 0.1) is 0 Å². The normalized spacial score (nSPS) is 10.0. The first kappa shape index (κ1) is 18.0. The van der Waals surface area contributed by atoms with Crippen LogP contribution in [0.3, 0.4) is 0 Å². The maximum atomic E-state index is 12.3. The van der Waals surface area contributed by atoms with E-state index in [0.717, 1.165) is 0 Å². The molecule has 1 aromatic heterocycles. The fourth-order valence-electron chi connectivity index (χ4n) is 2.17. The Morgan fingerprint density at radius 3 is 2.64 bits per heavy atom. The van der Waals surface area contributed by atoms with E-state index in [1.807, 2.05) is 0 Å². The third-order valence-corrected chi connectivity index (χ3v) is 3.19. The molecule has 25 heavy (non-hydrogen) atoms. The van der Waals surface area contributed by atoms with Crippen molar-refractivity contribution in [3.8, 4) is 5.88 Å². The number of urea groups is 1. The summed E-state index contributed by atoms with van der Waals surface area (Å²) in [5, 5.41) is 14.2. The van der Waals surface area contributed by atoms with Crippen LogP contribution in [0.1, 0.15) is 5.56 Å². The summed E-state index contributed by atoms with van der Waals surface area (Å²) in [7, 11) is 5.00. The number of hydrogen-bond acceptors (Lipinski definition) is 6. The van der Waals surface area contributed by atoms with Gasteiger partial charge in [-0.25, -0.2) is 9.78 Å². The Kier molecular flexibility index (Phi) is 5.72. The van der Waals surface area contributed by atoms with E-state index in [9.17, 15) is 9.59 Å². The summed E-state index contributed by atoms with van der Waals surface area (Å²) in [6.07, 6.45) is 1.22. The van der Waals surface area contributed by atoms with E-state index >= 15 is 0 Å². The van der Waals surface area contributed by atoms with Crippen LogP contribution in [0.15, 0.2) is 30.6 Å². The van der Waals surface area contributed by atoms with Crippen LogP contribution >= 0.6 is 0 Å².